The number of benzene rings is 3. The van der Waals surface area contributed by atoms with Gasteiger partial charge in [0, 0.05) is 0 Å². The van der Waals surface area contributed by atoms with Crippen LogP contribution in [-0.2, 0) is 9.59 Å². The van der Waals surface area contributed by atoms with Crippen LogP contribution in [0.2, 0.25) is 0 Å². The Morgan fingerprint density at radius 3 is 1.27 bits per heavy atom. The fraction of sp³-hybridized carbons (Fsp3) is 0.111. The number of hydrogen-bond acceptors (Lipinski definition) is 2. The van der Waals surface area contributed by atoms with Gasteiger partial charge >= 0.3 is 178 Å². The van der Waals surface area contributed by atoms with Crippen molar-refractivity contribution in [1.82, 2.24) is 0 Å². The van der Waals surface area contributed by atoms with Gasteiger partial charge in [-0.15, -0.1) is 0 Å². The third kappa shape index (κ3) is 3.49. The Bertz CT molecular complexity index is 1050. The van der Waals surface area contributed by atoms with E-state index in [4.69, 9.17) is 0 Å². The molecule has 0 heterocycles. The van der Waals surface area contributed by atoms with Crippen LogP contribution >= 0.6 is 7.26 Å². The Labute approximate surface area is 178 Å². The van der Waals surface area contributed by atoms with Crippen molar-refractivity contribution in [2.75, 3.05) is 0 Å². The van der Waals surface area contributed by atoms with Gasteiger partial charge in [0.25, 0.3) is 0 Å². The summed E-state index contributed by atoms with van der Waals surface area (Å²) in [7, 11) is -2.96. The molecule has 0 bridgehead atoms. The predicted molar refractivity (Wildman–Crippen MR) is 128 cm³/mol. The second-order valence-electron chi connectivity index (χ2n) is 8.01. The molecule has 150 valence electrons. The van der Waals surface area contributed by atoms with Crippen LogP contribution in [0.15, 0.2) is 96.3 Å². The zero-order chi connectivity index (χ0) is 21.3. The van der Waals surface area contributed by atoms with Crippen LogP contribution < -0.4 is 15.9 Å². The molecular weight excluding hydrogens is 387 g/mol. The van der Waals surface area contributed by atoms with E-state index in [9.17, 15) is 9.59 Å². The molecule has 0 saturated carbocycles. The first-order valence-electron chi connectivity index (χ1n) is 10.1. The van der Waals surface area contributed by atoms with E-state index in [-0.39, 0.29) is 11.6 Å². The minimum atomic E-state index is -2.96. The molecule has 0 unspecified atom stereocenters. The van der Waals surface area contributed by atoms with Gasteiger partial charge in [-0.25, -0.2) is 0 Å². The Hall–Kier alpha value is -3.09. The molecule has 0 N–H and O–H groups in total. The number of ketones is 2. The molecule has 0 radical (unpaired) electrons. The SMILES string of the molecule is Cc1ccc([PH](C2=CC(=O)C=CC2=O)(c2ccc(C)cc2)c2ccc(C)cc2)cc1. The first kappa shape index (κ1) is 20.2. The van der Waals surface area contributed by atoms with E-state index >= 15 is 0 Å². The minimum absolute atomic E-state index is 0.0806. The summed E-state index contributed by atoms with van der Waals surface area (Å²) >= 11 is 0. The summed E-state index contributed by atoms with van der Waals surface area (Å²) in [6, 6.07) is 25.3. The number of allylic oxidation sites excluding steroid dienone is 4. The van der Waals surface area contributed by atoms with Gasteiger partial charge in [-0.1, -0.05) is 0 Å². The molecule has 2 nitrogen and oxygen atoms in total. The normalized spacial score (nSPS) is 14.6. The second kappa shape index (κ2) is 7.97. The molecule has 0 amide bonds. The van der Waals surface area contributed by atoms with Gasteiger partial charge in [0.2, 0.25) is 0 Å². The Morgan fingerprint density at radius 2 is 0.900 bits per heavy atom. The van der Waals surface area contributed by atoms with Crippen molar-refractivity contribution in [3.05, 3.63) is 113 Å². The summed E-state index contributed by atoms with van der Waals surface area (Å²) in [5.41, 5.74) is 3.48. The van der Waals surface area contributed by atoms with Gasteiger partial charge < -0.3 is 0 Å². The molecule has 0 spiro atoms. The Balaban J connectivity index is 2.14. The molecule has 3 heteroatoms. The van der Waals surface area contributed by atoms with Gasteiger partial charge in [-0.05, 0) is 0 Å². The van der Waals surface area contributed by atoms with E-state index in [2.05, 4.69) is 93.6 Å². The van der Waals surface area contributed by atoms with Crippen molar-refractivity contribution in [3.8, 4) is 0 Å². The van der Waals surface area contributed by atoms with Gasteiger partial charge in [0.1, 0.15) is 0 Å². The zero-order valence-corrected chi connectivity index (χ0v) is 18.5. The van der Waals surface area contributed by atoms with Crippen molar-refractivity contribution in [2.45, 2.75) is 20.8 Å². The summed E-state index contributed by atoms with van der Waals surface area (Å²) in [5.74, 6) is -0.212. The van der Waals surface area contributed by atoms with Crippen molar-refractivity contribution in [2.24, 2.45) is 0 Å². The summed E-state index contributed by atoms with van der Waals surface area (Å²) in [6.45, 7) is 6.17. The van der Waals surface area contributed by atoms with Crippen molar-refractivity contribution < 1.29 is 9.59 Å². The number of carbonyl (C=O) groups excluding carboxylic acids is 2. The van der Waals surface area contributed by atoms with E-state index in [1.807, 2.05) is 0 Å². The van der Waals surface area contributed by atoms with Gasteiger partial charge in [-0.2, -0.15) is 0 Å². The van der Waals surface area contributed by atoms with Gasteiger partial charge in [-0.3, -0.25) is 0 Å². The fourth-order valence-electron chi connectivity index (χ4n) is 4.18. The quantitative estimate of drug-likeness (QED) is 0.475. The van der Waals surface area contributed by atoms with Crippen LogP contribution in [0.3, 0.4) is 0 Å². The fourth-order valence-corrected chi connectivity index (χ4v) is 8.92. The monoisotopic (exact) mass is 412 g/mol. The van der Waals surface area contributed by atoms with Crippen molar-refractivity contribution >= 4 is 34.7 Å². The molecule has 3 aromatic rings. The van der Waals surface area contributed by atoms with Crippen molar-refractivity contribution in [3.63, 3.8) is 0 Å². The molecule has 0 fully saturated rings. The molecule has 1 aliphatic carbocycles. The Kier molecular flexibility index (Phi) is 5.37. The number of rotatable bonds is 4. The maximum absolute atomic E-state index is 13.2. The van der Waals surface area contributed by atoms with Crippen LogP contribution in [0.1, 0.15) is 16.7 Å². The van der Waals surface area contributed by atoms with Crippen LogP contribution in [-0.4, -0.2) is 11.6 Å². The summed E-state index contributed by atoms with van der Waals surface area (Å²) in [6.07, 6.45) is 4.36. The molecule has 1 aliphatic rings. The van der Waals surface area contributed by atoms with Crippen LogP contribution in [0, 0.1) is 20.8 Å². The third-order valence-electron chi connectivity index (χ3n) is 5.81. The molecule has 4 rings (SSSR count). The van der Waals surface area contributed by atoms with E-state index in [0.29, 0.717) is 5.31 Å². The van der Waals surface area contributed by atoms with Crippen LogP contribution in [0.4, 0.5) is 0 Å². The van der Waals surface area contributed by atoms with Gasteiger partial charge in [0.15, 0.2) is 0 Å². The molecule has 0 saturated heterocycles. The topological polar surface area (TPSA) is 34.1 Å². The van der Waals surface area contributed by atoms with E-state index in [0.717, 1.165) is 32.6 Å². The average molecular weight is 412 g/mol. The first-order chi connectivity index (χ1) is 14.4. The molecule has 0 atom stereocenters. The summed E-state index contributed by atoms with van der Waals surface area (Å²) in [4.78, 5) is 25.7. The van der Waals surface area contributed by atoms with Crippen molar-refractivity contribution in [1.29, 1.82) is 0 Å². The second-order valence-corrected chi connectivity index (χ2v) is 11.8. The molecule has 0 aromatic heterocycles. The molecular formula is C27H25O2P. The van der Waals surface area contributed by atoms with E-state index in [1.165, 1.54) is 12.2 Å². The van der Waals surface area contributed by atoms with E-state index < -0.39 is 7.26 Å². The molecule has 3 aromatic carbocycles. The predicted octanol–water partition coefficient (Wildman–Crippen LogP) is 4.23. The average Bonchev–Trinajstić information content (AvgIpc) is 2.74. The standard InChI is InChI=1S/C27H25O2P/c1-19-4-11-23(12-5-19)30(24-13-6-20(2)7-14-24,25-15-8-21(3)9-16-25)27-18-22(28)10-17-26(27)29/h4-18,30H,1-3H3. The molecule has 30 heavy (non-hydrogen) atoms. The third-order valence-corrected chi connectivity index (χ3v) is 10.6. The van der Waals surface area contributed by atoms with E-state index in [1.54, 1.807) is 6.08 Å². The van der Waals surface area contributed by atoms with Crippen LogP contribution in [0.5, 0.6) is 0 Å². The maximum atomic E-state index is 13.2. The summed E-state index contributed by atoms with van der Waals surface area (Å²) in [5, 5.41) is 3.92. The van der Waals surface area contributed by atoms with Gasteiger partial charge in [0.05, 0.1) is 0 Å². The number of hydrogen-bond donors (Lipinski definition) is 0. The summed E-state index contributed by atoms with van der Waals surface area (Å²) < 4.78 is 0. The number of aryl methyl sites for hydroxylation is 3. The zero-order valence-electron chi connectivity index (χ0n) is 17.5. The molecule has 0 aliphatic heterocycles. The van der Waals surface area contributed by atoms with Crippen LogP contribution in [0.25, 0.3) is 0 Å². The number of carbonyl (C=O) groups is 2. The Morgan fingerprint density at radius 1 is 0.533 bits per heavy atom. The first-order valence-corrected chi connectivity index (χ1v) is 12.1.